The van der Waals surface area contributed by atoms with Crippen LogP contribution in [0.15, 0.2) is 0 Å². The Kier molecular flexibility index (Phi) is 5.22. The molecule has 2 rings (SSSR count). The fourth-order valence-electron chi connectivity index (χ4n) is 2.91. The monoisotopic (exact) mass is 242 g/mol. The minimum Gasteiger partial charge on any atom is -0.379 e. The summed E-state index contributed by atoms with van der Waals surface area (Å²) in [5.41, 5.74) is 6.19. The molecule has 0 aromatic heterocycles. The molecule has 3 N–H and O–H groups in total. The van der Waals surface area contributed by atoms with Gasteiger partial charge < -0.3 is 20.5 Å². The standard InChI is InChI=1S/C13H26N2O2/c1-2-4-10-7-15-8-12(14)13(10)17-11-5-3-6-16-9-11/h10-13,15H,2-9,14H2,1H3/t10?,11?,12?,13-/m1/s1. The van der Waals surface area contributed by atoms with Gasteiger partial charge >= 0.3 is 0 Å². The number of rotatable bonds is 4. The van der Waals surface area contributed by atoms with Crippen molar-refractivity contribution in [2.45, 2.75) is 50.9 Å². The molecule has 0 saturated carbocycles. The predicted molar refractivity (Wildman–Crippen MR) is 68.0 cm³/mol. The van der Waals surface area contributed by atoms with E-state index in [0.717, 1.165) is 39.1 Å². The van der Waals surface area contributed by atoms with Crippen LogP contribution in [0.3, 0.4) is 0 Å². The lowest BCUT2D eigenvalue weighted by Crippen LogP contribution is -2.57. The van der Waals surface area contributed by atoms with E-state index in [1.165, 1.54) is 12.8 Å². The summed E-state index contributed by atoms with van der Waals surface area (Å²) in [7, 11) is 0. The summed E-state index contributed by atoms with van der Waals surface area (Å²) >= 11 is 0. The first-order chi connectivity index (χ1) is 8.31. The molecule has 0 bridgehead atoms. The summed E-state index contributed by atoms with van der Waals surface area (Å²) in [6.07, 6.45) is 5.10. The molecule has 2 aliphatic rings. The topological polar surface area (TPSA) is 56.5 Å². The van der Waals surface area contributed by atoms with E-state index in [0.29, 0.717) is 5.92 Å². The van der Waals surface area contributed by atoms with Crippen molar-refractivity contribution in [3.8, 4) is 0 Å². The van der Waals surface area contributed by atoms with Gasteiger partial charge in [0.15, 0.2) is 0 Å². The van der Waals surface area contributed by atoms with E-state index in [4.69, 9.17) is 15.2 Å². The van der Waals surface area contributed by atoms with Crippen molar-refractivity contribution in [1.29, 1.82) is 0 Å². The summed E-state index contributed by atoms with van der Waals surface area (Å²) in [4.78, 5) is 0. The van der Waals surface area contributed by atoms with Crippen LogP contribution < -0.4 is 11.1 Å². The Bertz CT molecular complexity index is 217. The lowest BCUT2D eigenvalue weighted by Gasteiger charge is -2.39. The number of ether oxygens (including phenoxy) is 2. The first kappa shape index (κ1) is 13.3. The average Bonchev–Trinajstić information content (AvgIpc) is 2.35. The molecule has 17 heavy (non-hydrogen) atoms. The second kappa shape index (κ2) is 6.69. The Morgan fingerprint density at radius 2 is 2.29 bits per heavy atom. The zero-order valence-electron chi connectivity index (χ0n) is 10.9. The molecule has 100 valence electrons. The van der Waals surface area contributed by atoms with E-state index >= 15 is 0 Å². The fraction of sp³-hybridized carbons (Fsp3) is 1.00. The van der Waals surface area contributed by atoms with E-state index in [9.17, 15) is 0 Å². The number of hydrogen-bond acceptors (Lipinski definition) is 4. The van der Waals surface area contributed by atoms with E-state index in [1.807, 2.05) is 0 Å². The molecular weight excluding hydrogens is 216 g/mol. The summed E-state index contributed by atoms with van der Waals surface area (Å²) in [5, 5.41) is 3.40. The maximum absolute atomic E-state index is 6.22. The van der Waals surface area contributed by atoms with Crippen LogP contribution in [0.1, 0.15) is 32.6 Å². The van der Waals surface area contributed by atoms with Crippen LogP contribution in [0.4, 0.5) is 0 Å². The molecule has 0 aliphatic carbocycles. The largest absolute Gasteiger partial charge is 0.379 e. The zero-order chi connectivity index (χ0) is 12.1. The van der Waals surface area contributed by atoms with Crippen molar-refractivity contribution in [3.63, 3.8) is 0 Å². The quantitative estimate of drug-likeness (QED) is 0.769. The summed E-state index contributed by atoms with van der Waals surface area (Å²) in [6, 6.07) is 0.127. The van der Waals surface area contributed by atoms with Gasteiger partial charge in [0, 0.05) is 25.7 Å². The third-order valence-electron chi connectivity index (χ3n) is 3.80. The van der Waals surface area contributed by atoms with E-state index in [1.54, 1.807) is 0 Å². The zero-order valence-corrected chi connectivity index (χ0v) is 10.9. The van der Waals surface area contributed by atoms with Gasteiger partial charge in [-0.2, -0.15) is 0 Å². The molecule has 0 radical (unpaired) electrons. The molecule has 2 heterocycles. The van der Waals surface area contributed by atoms with Gasteiger partial charge in [0.2, 0.25) is 0 Å². The summed E-state index contributed by atoms with van der Waals surface area (Å²) < 4.78 is 11.7. The number of nitrogens with one attached hydrogen (secondary N) is 1. The average molecular weight is 242 g/mol. The van der Waals surface area contributed by atoms with Gasteiger partial charge in [0.05, 0.1) is 18.8 Å². The lowest BCUT2D eigenvalue weighted by atomic mass is 9.88. The van der Waals surface area contributed by atoms with Crippen LogP contribution >= 0.6 is 0 Å². The van der Waals surface area contributed by atoms with Crippen molar-refractivity contribution >= 4 is 0 Å². The number of hydrogen-bond donors (Lipinski definition) is 2. The van der Waals surface area contributed by atoms with Crippen LogP contribution in [0.5, 0.6) is 0 Å². The molecular formula is C13H26N2O2. The van der Waals surface area contributed by atoms with Gasteiger partial charge in [-0.1, -0.05) is 13.3 Å². The minimum absolute atomic E-state index is 0.127. The van der Waals surface area contributed by atoms with Gasteiger partial charge in [0.1, 0.15) is 0 Å². The first-order valence-corrected chi connectivity index (χ1v) is 7.00. The van der Waals surface area contributed by atoms with Gasteiger partial charge in [0.25, 0.3) is 0 Å². The maximum Gasteiger partial charge on any atom is 0.0814 e. The predicted octanol–water partition coefficient (Wildman–Crippen LogP) is 0.897. The molecule has 0 amide bonds. The smallest absolute Gasteiger partial charge is 0.0814 e. The van der Waals surface area contributed by atoms with Crippen LogP contribution in [0, 0.1) is 5.92 Å². The van der Waals surface area contributed by atoms with Gasteiger partial charge in [-0.15, -0.1) is 0 Å². The SMILES string of the molecule is CCCC1CNCC(N)[C@@H]1OC1CCCOC1. The van der Waals surface area contributed by atoms with E-state index < -0.39 is 0 Å². The van der Waals surface area contributed by atoms with Crippen molar-refractivity contribution < 1.29 is 9.47 Å². The molecule has 3 unspecified atom stereocenters. The Morgan fingerprint density at radius 1 is 1.41 bits per heavy atom. The van der Waals surface area contributed by atoms with E-state index in [-0.39, 0.29) is 18.2 Å². The third-order valence-corrected chi connectivity index (χ3v) is 3.80. The molecule has 4 heteroatoms. The highest BCUT2D eigenvalue weighted by Gasteiger charge is 2.33. The molecule has 0 aromatic rings. The molecule has 0 aromatic carbocycles. The Balaban J connectivity index is 1.88. The van der Waals surface area contributed by atoms with Crippen LogP contribution in [0.25, 0.3) is 0 Å². The van der Waals surface area contributed by atoms with Crippen molar-refractivity contribution in [2.75, 3.05) is 26.3 Å². The lowest BCUT2D eigenvalue weighted by molar-refractivity contribution is -0.114. The normalized spacial score (nSPS) is 39.2. The molecule has 4 nitrogen and oxygen atoms in total. The second-order valence-electron chi connectivity index (χ2n) is 5.31. The van der Waals surface area contributed by atoms with Crippen LogP contribution in [-0.2, 0) is 9.47 Å². The molecule has 2 aliphatic heterocycles. The highest BCUT2D eigenvalue weighted by Crippen LogP contribution is 2.23. The summed E-state index contributed by atoms with van der Waals surface area (Å²) in [6.45, 7) is 5.77. The summed E-state index contributed by atoms with van der Waals surface area (Å²) in [5.74, 6) is 0.561. The van der Waals surface area contributed by atoms with Gasteiger partial charge in [-0.3, -0.25) is 0 Å². The molecule has 2 saturated heterocycles. The number of piperidine rings is 1. The highest BCUT2D eigenvalue weighted by molar-refractivity contribution is 4.89. The minimum atomic E-state index is 0.127. The van der Waals surface area contributed by atoms with Crippen LogP contribution in [-0.4, -0.2) is 44.6 Å². The first-order valence-electron chi connectivity index (χ1n) is 7.00. The van der Waals surface area contributed by atoms with E-state index in [2.05, 4.69) is 12.2 Å². The molecule has 0 spiro atoms. The Labute approximate surface area is 104 Å². The second-order valence-corrected chi connectivity index (χ2v) is 5.31. The van der Waals surface area contributed by atoms with Crippen molar-refractivity contribution in [3.05, 3.63) is 0 Å². The highest BCUT2D eigenvalue weighted by atomic mass is 16.5. The number of nitrogens with two attached hydrogens (primary N) is 1. The Morgan fingerprint density at radius 3 is 3.00 bits per heavy atom. The van der Waals surface area contributed by atoms with Crippen molar-refractivity contribution in [1.82, 2.24) is 5.32 Å². The third kappa shape index (κ3) is 3.65. The molecule has 2 fully saturated rings. The molecule has 4 atom stereocenters. The van der Waals surface area contributed by atoms with Gasteiger partial charge in [-0.05, 0) is 25.2 Å². The Hall–Kier alpha value is -0.160. The maximum atomic E-state index is 6.22. The van der Waals surface area contributed by atoms with Gasteiger partial charge in [-0.25, -0.2) is 0 Å². The van der Waals surface area contributed by atoms with Crippen molar-refractivity contribution in [2.24, 2.45) is 11.7 Å². The fourth-order valence-corrected chi connectivity index (χ4v) is 2.91. The van der Waals surface area contributed by atoms with Crippen LogP contribution in [0.2, 0.25) is 0 Å².